The van der Waals surface area contributed by atoms with Crippen molar-refractivity contribution in [3.63, 3.8) is 0 Å². The molecule has 2 atom stereocenters. The summed E-state index contributed by atoms with van der Waals surface area (Å²) in [5, 5.41) is 8.67. The molecule has 0 aromatic rings. The lowest BCUT2D eigenvalue weighted by Gasteiger charge is -2.42. The lowest BCUT2D eigenvalue weighted by Crippen LogP contribution is -2.53. The molecule has 4 nitrogen and oxygen atoms in total. The largest absolute Gasteiger partial charge is 0.370 e. The Balaban J connectivity index is 1.97. The highest BCUT2D eigenvalue weighted by molar-refractivity contribution is 5.81. The second kappa shape index (κ2) is 5.73. The number of rotatable bonds is 2. The van der Waals surface area contributed by atoms with Crippen LogP contribution in [0, 0.1) is 16.7 Å². The van der Waals surface area contributed by atoms with E-state index in [2.05, 4.69) is 6.07 Å². The molecule has 0 saturated carbocycles. The number of ether oxygens (including phenoxy) is 1. The van der Waals surface area contributed by atoms with Crippen molar-refractivity contribution in [2.75, 3.05) is 13.1 Å². The zero-order valence-electron chi connectivity index (χ0n) is 12.9. The molecule has 0 radical (unpaired) electrons. The summed E-state index contributed by atoms with van der Waals surface area (Å²) >= 11 is 0. The van der Waals surface area contributed by atoms with E-state index in [1.54, 1.807) is 0 Å². The van der Waals surface area contributed by atoms with E-state index in [-0.39, 0.29) is 23.0 Å². The minimum Gasteiger partial charge on any atom is -0.370 e. The highest BCUT2D eigenvalue weighted by Gasteiger charge is 2.45. The van der Waals surface area contributed by atoms with Crippen molar-refractivity contribution in [3.05, 3.63) is 0 Å². The lowest BCUT2D eigenvalue weighted by molar-refractivity contribution is -0.149. The number of carbonyl (C=O) groups excluding carboxylic acids is 1. The molecule has 0 aliphatic carbocycles. The van der Waals surface area contributed by atoms with Gasteiger partial charge in [-0.05, 0) is 32.1 Å². The van der Waals surface area contributed by atoms with Crippen LogP contribution in [0.1, 0.15) is 59.3 Å². The molecule has 2 rings (SSSR count). The van der Waals surface area contributed by atoms with Crippen LogP contribution in [0.2, 0.25) is 0 Å². The first-order valence-corrected chi connectivity index (χ1v) is 7.70. The van der Waals surface area contributed by atoms with Gasteiger partial charge < -0.3 is 9.64 Å². The lowest BCUT2D eigenvalue weighted by atomic mass is 9.87. The average Bonchev–Trinajstić information content (AvgIpc) is 2.77. The summed E-state index contributed by atoms with van der Waals surface area (Å²) in [5.74, 6) is 0.223. The van der Waals surface area contributed by atoms with E-state index in [0.29, 0.717) is 6.42 Å². The van der Waals surface area contributed by atoms with Gasteiger partial charge in [0.15, 0.2) is 0 Å². The monoisotopic (exact) mass is 278 g/mol. The number of hydrogen-bond acceptors (Lipinski definition) is 3. The van der Waals surface area contributed by atoms with E-state index in [1.165, 1.54) is 0 Å². The van der Waals surface area contributed by atoms with Crippen molar-refractivity contribution < 1.29 is 9.53 Å². The molecule has 2 aliphatic heterocycles. The van der Waals surface area contributed by atoms with Gasteiger partial charge in [-0.2, -0.15) is 5.26 Å². The first-order valence-electron chi connectivity index (χ1n) is 7.70. The molecule has 20 heavy (non-hydrogen) atoms. The maximum absolute atomic E-state index is 12.4. The maximum Gasteiger partial charge on any atom is 0.228 e. The first kappa shape index (κ1) is 15.3. The third-order valence-electron chi connectivity index (χ3n) is 4.38. The van der Waals surface area contributed by atoms with E-state index in [4.69, 9.17) is 10.00 Å². The van der Waals surface area contributed by atoms with Gasteiger partial charge in [-0.3, -0.25) is 4.79 Å². The van der Waals surface area contributed by atoms with E-state index >= 15 is 0 Å². The first-order chi connectivity index (χ1) is 9.36. The molecule has 1 spiro atoms. The number of amides is 1. The van der Waals surface area contributed by atoms with Crippen molar-refractivity contribution in [2.24, 2.45) is 5.41 Å². The van der Waals surface area contributed by atoms with Crippen molar-refractivity contribution >= 4 is 5.91 Å². The smallest absolute Gasteiger partial charge is 0.228 e. The number of carbonyl (C=O) groups is 1. The molecule has 2 saturated heterocycles. The van der Waals surface area contributed by atoms with Crippen LogP contribution in [0.4, 0.5) is 0 Å². The second-order valence-corrected chi connectivity index (χ2v) is 7.24. The predicted molar refractivity (Wildman–Crippen MR) is 77.0 cm³/mol. The van der Waals surface area contributed by atoms with Crippen molar-refractivity contribution in [1.82, 2.24) is 4.90 Å². The van der Waals surface area contributed by atoms with Crippen LogP contribution in [0.15, 0.2) is 0 Å². The second-order valence-electron chi connectivity index (χ2n) is 7.24. The molecule has 2 fully saturated rings. The van der Waals surface area contributed by atoms with Crippen LogP contribution in [-0.4, -0.2) is 35.6 Å². The minimum absolute atomic E-state index is 0.140. The van der Waals surface area contributed by atoms with Gasteiger partial charge in [-0.1, -0.05) is 20.8 Å². The number of piperidine rings is 1. The van der Waals surface area contributed by atoms with Gasteiger partial charge in [0.1, 0.15) is 0 Å². The Morgan fingerprint density at radius 1 is 1.45 bits per heavy atom. The van der Waals surface area contributed by atoms with Gasteiger partial charge in [0.2, 0.25) is 5.91 Å². The average molecular weight is 278 g/mol. The minimum atomic E-state index is -0.322. The van der Waals surface area contributed by atoms with Crippen LogP contribution >= 0.6 is 0 Å². The van der Waals surface area contributed by atoms with Gasteiger partial charge in [-0.25, -0.2) is 0 Å². The highest BCUT2D eigenvalue weighted by Crippen LogP contribution is 2.39. The Hall–Kier alpha value is -1.08. The van der Waals surface area contributed by atoms with Crippen LogP contribution in [0.25, 0.3) is 0 Å². The molecular weight excluding hydrogens is 252 g/mol. The molecule has 0 aromatic carbocycles. The Morgan fingerprint density at radius 3 is 2.85 bits per heavy atom. The summed E-state index contributed by atoms with van der Waals surface area (Å²) in [7, 11) is 0. The van der Waals surface area contributed by atoms with Crippen LogP contribution < -0.4 is 0 Å². The molecule has 4 heteroatoms. The molecule has 2 aliphatic rings. The molecular formula is C16H26N2O2. The fourth-order valence-electron chi connectivity index (χ4n) is 3.37. The number of likely N-dealkylation sites (tertiary alicyclic amines) is 1. The summed E-state index contributed by atoms with van der Waals surface area (Å²) in [6, 6.07) is 2.19. The van der Waals surface area contributed by atoms with Gasteiger partial charge in [-0.15, -0.1) is 0 Å². The van der Waals surface area contributed by atoms with Crippen molar-refractivity contribution in [2.45, 2.75) is 71.0 Å². The summed E-state index contributed by atoms with van der Waals surface area (Å²) < 4.78 is 6.24. The maximum atomic E-state index is 12.4. The zero-order chi connectivity index (χ0) is 14.8. The molecule has 0 unspecified atom stereocenters. The van der Waals surface area contributed by atoms with E-state index in [0.717, 1.165) is 45.2 Å². The van der Waals surface area contributed by atoms with E-state index < -0.39 is 0 Å². The van der Waals surface area contributed by atoms with Gasteiger partial charge in [0.05, 0.1) is 17.8 Å². The van der Waals surface area contributed by atoms with Crippen LogP contribution in [-0.2, 0) is 9.53 Å². The Labute approximate surface area is 122 Å². The molecule has 2 heterocycles. The summed E-state index contributed by atoms with van der Waals surface area (Å²) in [4.78, 5) is 14.4. The van der Waals surface area contributed by atoms with Crippen LogP contribution in [0.5, 0.6) is 0 Å². The van der Waals surface area contributed by atoms with Crippen molar-refractivity contribution in [3.8, 4) is 6.07 Å². The number of nitrogens with zero attached hydrogens (tertiary/aromatic N) is 2. The quantitative estimate of drug-likeness (QED) is 0.780. The van der Waals surface area contributed by atoms with Crippen molar-refractivity contribution in [1.29, 1.82) is 5.26 Å². The Kier molecular flexibility index (Phi) is 4.39. The van der Waals surface area contributed by atoms with Gasteiger partial charge >= 0.3 is 0 Å². The fraction of sp³-hybridized carbons (Fsp3) is 0.875. The highest BCUT2D eigenvalue weighted by atomic mass is 16.5. The standard InChI is InChI=1S/C16H26N2O2/c1-15(2,3)14(19)18-11-5-8-16(12-18)9-7-13(20-16)6-4-10-17/h13H,4-9,11-12H2,1-3H3/t13-,16-/m0/s1. The Morgan fingerprint density at radius 2 is 2.20 bits per heavy atom. The molecule has 0 bridgehead atoms. The fourth-order valence-corrected chi connectivity index (χ4v) is 3.37. The third kappa shape index (κ3) is 3.32. The molecule has 0 aromatic heterocycles. The molecule has 0 N–H and O–H groups in total. The van der Waals surface area contributed by atoms with Gasteiger partial charge in [0.25, 0.3) is 0 Å². The molecule has 112 valence electrons. The summed E-state index contributed by atoms with van der Waals surface area (Å²) in [5.41, 5.74) is -0.462. The van der Waals surface area contributed by atoms with E-state index in [1.807, 2.05) is 25.7 Å². The Bertz CT molecular complexity index is 408. The number of nitriles is 1. The van der Waals surface area contributed by atoms with Gasteiger partial charge in [0, 0.05) is 24.9 Å². The summed E-state index contributed by atoms with van der Waals surface area (Å²) in [6.07, 6.45) is 5.71. The number of hydrogen-bond donors (Lipinski definition) is 0. The van der Waals surface area contributed by atoms with E-state index in [9.17, 15) is 4.79 Å². The molecule has 1 amide bonds. The topological polar surface area (TPSA) is 53.3 Å². The normalized spacial score (nSPS) is 30.5. The SMILES string of the molecule is CC(C)(C)C(=O)N1CCC[C@]2(CC[C@H](CCC#N)O2)C1. The third-order valence-corrected chi connectivity index (χ3v) is 4.38. The zero-order valence-corrected chi connectivity index (χ0v) is 12.9. The summed E-state index contributed by atoms with van der Waals surface area (Å²) in [6.45, 7) is 7.50. The predicted octanol–water partition coefficient (Wildman–Crippen LogP) is 2.88. The van der Waals surface area contributed by atoms with Crippen LogP contribution in [0.3, 0.4) is 0 Å².